The number of aliphatic hydroxyl groups is 1. The number of esters is 1. The van der Waals surface area contributed by atoms with Gasteiger partial charge in [0.05, 0.1) is 18.1 Å². The monoisotopic (exact) mass is 257 g/mol. The van der Waals surface area contributed by atoms with Gasteiger partial charge in [-0.2, -0.15) is 0 Å². The van der Waals surface area contributed by atoms with E-state index in [0.717, 1.165) is 0 Å². The first-order chi connectivity index (χ1) is 8.44. The van der Waals surface area contributed by atoms with Crippen LogP contribution in [-0.2, 0) is 14.3 Å². The summed E-state index contributed by atoms with van der Waals surface area (Å²) in [6, 6.07) is 0. The van der Waals surface area contributed by atoms with Crippen LogP contribution in [0.4, 0.5) is 0 Å². The number of likely N-dealkylation sites (tertiary alicyclic amines) is 1. The average molecular weight is 257 g/mol. The summed E-state index contributed by atoms with van der Waals surface area (Å²) in [6.07, 6.45) is 1.42. The summed E-state index contributed by atoms with van der Waals surface area (Å²) in [6.45, 7) is 6.48. The molecule has 1 saturated heterocycles. The number of hydrogen-bond acceptors (Lipinski definition) is 4. The summed E-state index contributed by atoms with van der Waals surface area (Å²) < 4.78 is 5.01. The van der Waals surface area contributed by atoms with Crippen LogP contribution in [0.3, 0.4) is 0 Å². The largest absolute Gasteiger partial charge is 0.466 e. The Morgan fingerprint density at radius 3 is 2.28 bits per heavy atom. The van der Waals surface area contributed by atoms with Gasteiger partial charge in [0.2, 0.25) is 5.91 Å². The lowest BCUT2D eigenvalue weighted by atomic mass is 9.78. The SMILES string of the molecule is CCOC(=O)C(CC)C1(O)CCN(C(C)=O)CC1. The molecule has 1 fully saturated rings. The third-order valence-corrected chi connectivity index (χ3v) is 3.70. The molecule has 0 saturated carbocycles. The number of nitrogens with zero attached hydrogens (tertiary/aromatic N) is 1. The van der Waals surface area contributed by atoms with Crippen molar-refractivity contribution >= 4 is 11.9 Å². The molecule has 1 aliphatic rings. The summed E-state index contributed by atoms with van der Waals surface area (Å²) in [7, 11) is 0. The Morgan fingerprint density at radius 1 is 1.33 bits per heavy atom. The second-order valence-electron chi connectivity index (χ2n) is 4.82. The van der Waals surface area contributed by atoms with E-state index in [1.807, 2.05) is 6.92 Å². The molecule has 0 spiro atoms. The first kappa shape index (κ1) is 15.0. The van der Waals surface area contributed by atoms with Gasteiger partial charge in [0, 0.05) is 20.0 Å². The van der Waals surface area contributed by atoms with Crippen molar-refractivity contribution in [2.24, 2.45) is 5.92 Å². The lowest BCUT2D eigenvalue weighted by molar-refractivity contribution is -0.163. The molecule has 1 unspecified atom stereocenters. The van der Waals surface area contributed by atoms with Crippen LogP contribution in [0.2, 0.25) is 0 Å². The van der Waals surface area contributed by atoms with E-state index >= 15 is 0 Å². The fourth-order valence-electron chi connectivity index (χ4n) is 2.57. The Bertz CT molecular complexity index is 308. The van der Waals surface area contributed by atoms with Crippen molar-refractivity contribution in [3.05, 3.63) is 0 Å². The zero-order valence-electron chi connectivity index (χ0n) is 11.4. The van der Waals surface area contributed by atoms with Crippen molar-refractivity contribution in [2.45, 2.75) is 45.6 Å². The number of carbonyl (C=O) groups is 2. The fraction of sp³-hybridized carbons (Fsp3) is 0.846. The predicted octanol–water partition coefficient (Wildman–Crippen LogP) is 0.949. The van der Waals surface area contributed by atoms with Crippen molar-refractivity contribution in [3.63, 3.8) is 0 Å². The average Bonchev–Trinajstić information content (AvgIpc) is 2.30. The van der Waals surface area contributed by atoms with Crippen molar-refractivity contribution in [2.75, 3.05) is 19.7 Å². The quantitative estimate of drug-likeness (QED) is 0.761. The zero-order valence-corrected chi connectivity index (χ0v) is 11.4. The number of rotatable bonds is 4. The van der Waals surface area contributed by atoms with Gasteiger partial charge >= 0.3 is 5.97 Å². The minimum atomic E-state index is -1.03. The maximum Gasteiger partial charge on any atom is 0.311 e. The highest BCUT2D eigenvalue weighted by molar-refractivity contribution is 5.75. The Morgan fingerprint density at radius 2 is 1.89 bits per heavy atom. The van der Waals surface area contributed by atoms with Crippen LogP contribution in [0.1, 0.15) is 40.0 Å². The van der Waals surface area contributed by atoms with E-state index in [9.17, 15) is 14.7 Å². The van der Waals surface area contributed by atoms with Crippen LogP contribution in [0.15, 0.2) is 0 Å². The van der Waals surface area contributed by atoms with Gasteiger partial charge in [0.1, 0.15) is 0 Å². The molecular formula is C13H23NO4. The summed E-state index contributed by atoms with van der Waals surface area (Å²) in [5, 5.41) is 10.6. The summed E-state index contributed by atoms with van der Waals surface area (Å²) in [5.74, 6) is -0.813. The van der Waals surface area contributed by atoms with Crippen molar-refractivity contribution in [3.8, 4) is 0 Å². The molecule has 1 rings (SSSR count). The molecule has 0 aromatic rings. The molecule has 0 aliphatic carbocycles. The highest BCUT2D eigenvalue weighted by Gasteiger charge is 2.43. The van der Waals surface area contributed by atoms with Gasteiger partial charge < -0.3 is 14.7 Å². The summed E-state index contributed by atoms with van der Waals surface area (Å²) in [4.78, 5) is 24.8. The van der Waals surface area contributed by atoms with Gasteiger partial charge in [-0.1, -0.05) is 6.92 Å². The van der Waals surface area contributed by atoms with E-state index in [-0.39, 0.29) is 11.9 Å². The molecule has 1 heterocycles. The first-order valence-corrected chi connectivity index (χ1v) is 6.59. The van der Waals surface area contributed by atoms with Gasteiger partial charge in [-0.05, 0) is 26.2 Å². The molecular weight excluding hydrogens is 234 g/mol. The van der Waals surface area contributed by atoms with Crippen molar-refractivity contribution < 1.29 is 19.4 Å². The van der Waals surface area contributed by atoms with E-state index in [1.165, 1.54) is 6.92 Å². The Kier molecular flexibility index (Phi) is 5.14. The van der Waals surface area contributed by atoms with Crippen LogP contribution in [-0.4, -0.2) is 47.2 Å². The molecule has 1 aliphatic heterocycles. The van der Waals surface area contributed by atoms with E-state index in [4.69, 9.17) is 4.74 Å². The minimum Gasteiger partial charge on any atom is -0.466 e. The lowest BCUT2D eigenvalue weighted by Crippen LogP contribution is -2.52. The standard InChI is InChI=1S/C13H23NO4/c1-4-11(12(16)18-5-2)13(17)6-8-14(9-7-13)10(3)15/h11,17H,4-9H2,1-3H3. The van der Waals surface area contributed by atoms with Crippen LogP contribution in [0, 0.1) is 5.92 Å². The molecule has 1 atom stereocenters. The van der Waals surface area contributed by atoms with Gasteiger partial charge in [0.25, 0.3) is 0 Å². The smallest absolute Gasteiger partial charge is 0.311 e. The van der Waals surface area contributed by atoms with E-state index in [2.05, 4.69) is 0 Å². The number of piperidine rings is 1. The second-order valence-corrected chi connectivity index (χ2v) is 4.82. The molecule has 1 N–H and O–H groups in total. The van der Waals surface area contributed by atoms with Gasteiger partial charge in [0.15, 0.2) is 0 Å². The van der Waals surface area contributed by atoms with Crippen LogP contribution < -0.4 is 0 Å². The van der Waals surface area contributed by atoms with Crippen LogP contribution in [0.5, 0.6) is 0 Å². The second kappa shape index (κ2) is 6.18. The van der Waals surface area contributed by atoms with E-state index < -0.39 is 11.5 Å². The van der Waals surface area contributed by atoms with Gasteiger partial charge in [-0.25, -0.2) is 0 Å². The number of amides is 1. The van der Waals surface area contributed by atoms with Crippen molar-refractivity contribution in [1.82, 2.24) is 4.90 Å². The van der Waals surface area contributed by atoms with Gasteiger partial charge in [-0.3, -0.25) is 9.59 Å². The molecule has 0 bridgehead atoms. The third kappa shape index (κ3) is 3.22. The maximum atomic E-state index is 11.8. The minimum absolute atomic E-state index is 0.0150. The maximum absolute atomic E-state index is 11.8. The van der Waals surface area contributed by atoms with E-state index in [1.54, 1.807) is 11.8 Å². The predicted molar refractivity (Wildman–Crippen MR) is 66.9 cm³/mol. The number of hydrogen-bond donors (Lipinski definition) is 1. The summed E-state index contributed by atoms with van der Waals surface area (Å²) in [5.41, 5.74) is -1.03. The highest BCUT2D eigenvalue weighted by Crippen LogP contribution is 2.32. The number of carbonyl (C=O) groups excluding carboxylic acids is 2. The van der Waals surface area contributed by atoms with Crippen molar-refractivity contribution in [1.29, 1.82) is 0 Å². The Hall–Kier alpha value is -1.10. The Labute approximate surface area is 108 Å². The topological polar surface area (TPSA) is 66.8 Å². The van der Waals surface area contributed by atoms with Crippen LogP contribution in [0.25, 0.3) is 0 Å². The molecule has 104 valence electrons. The Balaban J connectivity index is 2.69. The highest BCUT2D eigenvalue weighted by atomic mass is 16.5. The molecule has 18 heavy (non-hydrogen) atoms. The summed E-state index contributed by atoms with van der Waals surface area (Å²) >= 11 is 0. The van der Waals surface area contributed by atoms with Gasteiger partial charge in [-0.15, -0.1) is 0 Å². The zero-order chi connectivity index (χ0) is 13.8. The molecule has 5 heteroatoms. The lowest BCUT2D eigenvalue weighted by Gasteiger charge is -2.41. The molecule has 0 aromatic carbocycles. The fourth-order valence-corrected chi connectivity index (χ4v) is 2.57. The first-order valence-electron chi connectivity index (χ1n) is 6.59. The molecule has 0 aromatic heterocycles. The normalized spacial score (nSPS) is 20.3. The number of ether oxygens (including phenoxy) is 1. The van der Waals surface area contributed by atoms with E-state index in [0.29, 0.717) is 39.0 Å². The molecule has 5 nitrogen and oxygen atoms in total. The molecule has 0 radical (unpaired) electrons. The molecule has 1 amide bonds. The van der Waals surface area contributed by atoms with Crippen LogP contribution >= 0.6 is 0 Å². The third-order valence-electron chi connectivity index (χ3n) is 3.70.